The lowest BCUT2D eigenvalue weighted by Gasteiger charge is -2.12. The summed E-state index contributed by atoms with van der Waals surface area (Å²) in [6.45, 7) is 0. The van der Waals surface area contributed by atoms with E-state index in [0.717, 1.165) is 24.3 Å². The number of hydrogen-bond acceptors (Lipinski definition) is 0. The quantitative estimate of drug-likeness (QED) is 0.515. The van der Waals surface area contributed by atoms with Gasteiger partial charge in [0.15, 0.2) is 0 Å². The Morgan fingerprint density at radius 2 is 1.61 bits per heavy atom. The third-order valence-electron chi connectivity index (χ3n) is 2.41. The second kappa shape index (κ2) is 4.10. The molecule has 0 aliphatic heterocycles. The van der Waals surface area contributed by atoms with Gasteiger partial charge in [-0.1, -0.05) is 12.1 Å². The molecular formula is C13H7F5. The average Bonchev–Trinajstić information content (AvgIpc) is 2.27. The molecule has 0 amide bonds. The van der Waals surface area contributed by atoms with E-state index in [1.807, 2.05) is 0 Å². The van der Waals surface area contributed by atoms with Crippen molar-refractivity contribution in [2.75, 3.05) is 0 Å². The van der Waals surface area contributed by atoms with Gasteiger partial charge in [0.25, 0.3) is 5.92 Å². The van der Waals surface area contributed by atoms with Gasteiger partial charge in [-0.25, -0.2) is 0 Å². The summed E-state index contributed by atoms with van der Waals surface area (Å²) in [5, 5.41) is 0. The Bertz CT molecular complexity index is 540. The van der Waals surface area contributed by atoms with Crippen molar-refractivity contribution in [3.8, 4) is 0 Å². The number of allylic oxidation sites excluding steroid dienone is 3. The normalized spacial score (nSPS) is 17.7. The van der Waals surface area contributed by atoms with Crippen molar-refractivity contribution in [3.05, 3.63) is 59.4 Å². The Morgan fingerprint density at radius 1 is 1.00 bits per heavy atom. The highest BCUT2D eigenvalue weighted by Crippen LogP contribution is 2.32. The molecule has 1 aromatic rings. The molecule has 5 heteroatoms. The van der Waals surface area contributed by atoms with Crippen LogP contribution in [-0.2, 0) is 6.18 Å². The van der Waals surface area contributed by atoms with Crippen LogP contribution >= 0.6 is 0 Å². The molecule has 0 radical (unpaired) electrons. The zero-order valence-electron chi connectivity index (χ0n) is 8.93. The van der Waals surface area contributed by atoms with Crippen LogP contribution in [0, 0.1) is 0 Å². The predicted octanol–water partition coefficient (Wildman–Crippen LogP) is 4.45. The number of halogens is 5. The van der Waals surface area contributed by atoms with Crippen molar-refractivity contribution < 1.29 is 22.0 Å². The summed E-state index contributed by atoms with van der Waals surface area (Å²) >= 11 is 0. The van der Waals surface area contributed by atoms with Crippen molar-refractivity contribution >= 4 is 5.57 Å². The average molecular weight is 258 g/mol. The van der Waals surface area contributed by atoms with Crippen molar-refractivity contribution in [1.82, 2.24) is 0 Å². The third kappa shape index (κ3) is 2.68. The van der Waals surface area contributed by atoms with E-state index in [9.17, 15) is 22.0 Å². The van der Waals surface area contributed by atoms with Crippen LogP contribution in [0.15, 0.2) is 48.2 Å². The molecule has 0 fully saturated rings. The van der Waals surface area contributed by atoms with Crippen molar-refractivity contribution in [2.45, 2.75) is 12.1 Å². The summed E-state index contributed by atoms with van der Waals surface area (Å²) in [7, 11) is 0. The molecule has 0 spiro atoms. The van der Waals surface area contributed by atoms with E-state index < -0.39 is 17.7 Å². The third-order valence-corrected chi connectivity index (χ3v) is 2.41. The summed E-state index contributed by atoms with van der Waals surface area (Å²) in [4.78, 5) is 0. The van der Waals surface area contributed by atoms with Gasteiger partial charge in [0.05, 0.1) is 5.56 Å². The highest BCUT2D eigenvalue weighted by Gasteiger charge is 2.30. The van der Waals surface area contributed by atoms with Gasteiger partial charge in [-0.15, -0.1) is 5.73 Å². The molecule has 0 unspecified atom stereocenters. The standard InChI is InChI=1S/C13H7F5/c14-12(15)7-1-2-10(8-12)9-3-5-11(6-4-9)13(16,17)18/h2-8H. The molecule has 0 heterocycles. The van der Waals surface area contributed by atoms with Crippen LogP contribution in [0.1, 0.15) is 11.1 Å². The number of hydrogen-bond donors (Lipinski definition) is 0. The number of rotatable bonds is 1. The van der Waals surface area contributed by atoms with Crippen LogP contribution in [0.4, 0.5) is 22.0 Å². The first-order chi connectivity index (χ1) is 8.28. The van der Waals surface area contributed by atoms with Crippen molar-refractivity contribution in [2.24, 2.45) is 0 Å². The predicted molar refractivity (Wildman–Crippen MR) is 57.0 cm³/mol. The van der Waals surface area contributed by atoms with Crippen LogP contribution in [0.2, 0.25) is 0 Å². The number of benzene rings is 1. The molecule has 0 nitrogen and oxygen atoms in total. The summed E-state index contributed by atoms with van der Waals surface area (Å²) < 4.78 is 63.0. The number of alkyl halides is 5. The maximum absolute atomic E-state index is 13.0. The zero-order valence-corrected chi connectivity index (χ0v) is 8.93. The summed E-state index contributed by atoms with van der Waals surface area (Å²) in [6.07, 6.45) is -1.84. The van der Waals surface area contributed by atoms with E-state index in [1.165, 1.54) is 6.08 Å². The lowest BCUT2D eigenvalue weighted by molar-refractivity contribution is -0.137. The topological polar surface area (TPSA) is 0 Å². The molecule has 0 bridgehead atoms. The summed E-state index contributed by atoms with van der Waals surface area (Å²) in [5.74, 6) is -3.12. The largest absolute Gasteiger partial charge is 0.416 e. The minimum atomic E-state index is -4.43. The van der Waals surface area contributed by atoms with E-state index >= 15 is 0 Å². The molecule has 0 N–H and O–H groups in total. The maximum atomic E-state index is 13.0. The molecule has 94 valence electrons. The Balaban J connectivity index is 2.35. The van der Waals surface area contributed by atoms with E-state index in [0.29, 0.717) is 17.7 Å². The minimum absolute atomic E-state index is 0.149. The van der Waals surface area contributed by atoms with Gasteiger partial charge in [0, 0.05) is 6.08 Å². The Morgan fingerprint density at radius 3 is 2.11 bits per heavy atom. The fourth-order valence-electron chi connectivity index (χ4n) is 1.55. The first-order valence-electron chi connectivity index (χ1n) is 5.00. The lowest BCUT2D eigenvalue weighted by atomic mass is 9.99. The molecule has 1 aliphatic rings. The SMILES string of the molecule is FC1(F)C=C=CC(c2ccc(C(F)(F)F)cc2)=C1. The van der Waals surface area contributed by atoms with Gasteiger partial charge < -0.3 is 0 Å². The van der Waals surface area contributed by atoms with Crippen LogP contribution in [-0.4, -0.2) is 5.92 Å². The monoisotopic (exact) mass is 258 g/mol. The molecular weight excluding hydrogens is 251 g/mol. The van der Waals surface area contributed by atoms with Crippen LogP contribution in [0.3, 0.4) is 0 Å². The van der Waals surface area contributed by atoms with E-state index in [1.54, 1.807) is 0 Å². The van der Waals surface area contributed by atoms with Crippen molar-refractivity contribution in [3.63, 3.8) is 0 Å². The second-order valence-electron chi connectivity index (χ2n) is 3.80. The second-order valence-corrected chi connectivity index (χ2v) is 3.80. The van der Waals surface area contributed by atoms with Gasteiger partial charge in [-0.3, -0.25) is 0 Å². The van der Waals surface area contributed by atoms with Crippen LogP contribution < -0.4 is 0 Å². The molecule has 0 saturated heterocycles. The lowest BCUT2D eigenvalue weighted by Crippen LogP contribution is -2.09. The maximum Gasteiger partial charge on any atom is 0.416 e. The van der Waals surface area contributed by atoms with E-state index in [2.05, 4.69) is 5.73 Å². The molecule has 1 aromatic carbocycles. The summed E-state index contributed by atoms with van der Waals surface area (Å²) in [6, 6.07) is 4.05. The van der Waals surface area contributed by atoms with E-state index in [-0.39, 0.29) is 5.57 Å². The molecule has 0 saturated carbocycles. The Hall–Kier alpha value is -1.87. The first kappa shape index (κ1) is 12.6. The van der Waals surface area contributed by atoms with E-state index in [4.69, 9.17) is 0 Å². The molecule has 0 aromatic heterocycles. The van der Waals surface area contributed by atoms with Gasteiger partial charge >= 0.3 is 6.18 Å². The molecule has 0 atom stereocenters. The first-order valence-corrected chi connectivity index (χ1v) is 5.00. The summed E-state index contributed by atoms with van der Waals surface area (Å²) in [5.41, 5.74) is 1.91. The minimum Gasteiger partial charge on any atom is -0.196 e. The molecule has 1 aliphatic carbocycles. The van der Waals surface area contributed by atoms with Crippen LogP contribution in [0.25, 0.3) is 5.57 Å². The van der Waals surface area contributed by atoms with Crippen molar-refractivity contribution in [1.29, 1.82) is 0 Å². The fourth-order valence-corrected chi connectivity index (χ4v) is 1.55. The van der Waals surface area contributed by atoms with Gasteiger partial charge in [-0.2, -0.15) is 22.0 Å². The zero-order chi connectivity index (χ0) is 13.4. The van der Waals surface area contributed by atoms with Gasteiger partial charge in [-0.05, 0) is 35.4 Å². The fraction of sp³-hybridized carbons (Fsp3) is 0.154. The Kier molecular flexibility index (Phi) is 2.87. The van der Waals surface area contributed by atoms with Gasteiger partial charge in [0.1, 0.15) is 0 Å². The van der Waals surface area contributed by atoms with Gasteiger partial charge in [0.2, 0.25) is 0 Å². The highest BCUT2D eigenvalue weighted by atomic mass is 19.4. The highest BCUT2D eigenvalue weighted by molar-refractivity contribution is 5.76. The molecule has 18 heavy (non-hydrogen) atoms. The Labute approximate surface area is 99.7 Å². The molecule has 2 rings (SSSR count). The van der Waals surface area contributed by atoms with Crippen LogP contribution in [0.5, 0.6) is 0 Å². The smallest absolute Gasteiger partial charge is 0.196 e.